The molecule has 3 heterocycles. The summed E-state index contributed by atoms with van der Waals surface area (Å²) in [5.74, 6) is -0.137. The van der Waals surface area contributed by atoms with Crippen molar-refractivity contribution in [2.24, 2.45) is 0 Å². The highest BCUT2D eigenvalue weighted by atomic mass is 35.5. The Morgan fingerprint density at radius 2 is 1.81 bits per heavy atom. The molecule has 0 saturated carbocycles. The minimum atomic E-state index is -0.233. The second-order valence-corrected chi connectivity index (χ2v) is 10.1. The van der Waals surface area contributed by atoms with Gasteiger partial charge >= 0.3 is 0 Å². The van der Waals surface area contributed by atoms with Gasteiger partial charge in [-0.25, -0.2) is 0 Å². The number of nitrogens with one attached hydrogen (secondary N) is 2. The van der Waals surface area contributed by atoms with Gasteiger partial charge in [-0.1, -0.05) is 41.9 Å². The van der Waals surface area contributed by atoms with Crippen molar-refractivity contribution in [3.05, 3.63) is 112 Å². The zero-order valence-electron chi connectivity index (χ0n) is 20.9. The largest absolute Gasteiger partial charge is 0.352 e. The molecule has 2 N–H and O–H groups in total. The normalized spacial score (nSPS) is 17.1. The highest BCUT2D eigenvalue weighted by molar-refractivity contribution is 7.80. The minimum Gasteiger partial charge on any atom is -0.352 e. The van der Waals surface area contributed by atoms with E-state index in [0.717, 1.165) is 39.6 Å². The molecule has 1 fully saturated rings. The van der Waals surface area contributed by atoms with E-state index in [1.54, 1.807) is 6.20 Å². The van der Waals surface area contributed by atoms with Crippen LogP contribution in [-0.2, 0) is 4.79 Å². The first kappa shape index (κ1) is 25.0. The van der Waals surface area contributed by atoms with Crippen molar-refractivity contribution >= 4 is 40.5 Å². The maximum atomic E-state index is 13.1. The number of carbonyl (C=O) groups excluding carboxylic acids is 1. The van der Waals surface area contributed by atoms with Gasteiger partial charge in [0.05, 0.1) is 17.8 Å². The van der Waals surface area contributed by atoms with Gasteiger partial charge < -0.3 is 20.1 Å². The number of thiocarbonyl (C=S) groups is 1. The van der Waals surface area contributed by atoms with E-state index in [0.29, 0.717) is 10.1 Å². The lowest BCUT2D eigenvalue weighted by Crippen LogP contribution is -2.37. The number of nitrogens with zero attached hydrogens (tertiary/aromatic N) is 3. The van der Waals surface area contributed by atoms with Crippen LogP contribution in [-0.4, -0.2) is 32.0 Å². The summed E-state index contributed by atoms with van der Waals surface area (Å²) < 4.78 is 2.22. The maximum absolute atomic E-state index is 13.1. The molecule has 2 aromatic heterocycles. The summed E-state index contributed by atoms with van der Waals surface area (Å²) in [5.41, 5.74) is 6.98. The average Bonchev–Trinajstić information content (AvgIpc) is 3.36. The predicted octanol–water partition coefficient (Wildman–Crippen LogP) is 6.06. The Morgan fingerprint density at radius 1 is 1.05 bits per heavy atom. The zero-order valence-corrected chi connectivity index (χ0v) is 22.5. The quantitative estimate of drug-likeness (QED) is 0.297. The fourth-order valence-electron chi connectivity index (χ4n) is 5.07. The molecule has 1 aliphatic heterocycles. The van der Waals surface area contributed by atoms with Crippen LogP contribution >= 0.6 is 23.8 Å². The highest BCUT2D eigenvalue weighted by Crippen LogP contribution is 2.41. The third-order valence-electron chi connectivity index (χ3n) is 6.77. The van der Waals surface area contributed by atoms with Crippen LogP contribution in [0.4, 0.5) is 5.69 Å². The number of para-hydroxylation sites is 1. The molecule has 8 heteroatoms. The number of hydrogen-bond donors (Lipinski definition) is 2. The fraction of sp³-hybridized carbons (Fsp3) is 0.207. The van der Waals surface area contributed by atoms with E-state index in [1.807, 2.05) is 71.6 Å². The molecular weight excluding hydrogens is 502 g/mol. The SMILES string of the molecule is Cc1ccc(Cl)cc1-n1c(C)cc([C@H]2[C@H](c3ccccn3)NC(=S)N2CC(=O)Nc2ccccc2)c1C. The van der Waals surface area contributed by atoms with Crippen molar-refractivity contribution in [1.29, 1.82) is 0 Å². The third kappa shape index (κ3) is 4.97. The lowest BCUT2D eigenvalue weighted by Gasteiger charge is -2.27. The smallest absolute Gasteiger partial charge is 0.244 e. The second kappa shape index (κ2) is 10.4. The van der Waals surface area contributed by atoms with Crippen LogP contribution in [0, 0.1) is 20.8 Å². The molecule has 0 spiro atoms. The molecule has 1 aliphatic rings. The van der Waals surface area contributed by atoms with E-state index in [9.17, 15) is 4.79 Å². The summed E-state index contributed by atoms with van der Waals surface area (Å²) in [6, 6.07) is 22.9. The van der Waals surface area contributed by atoms with E-state index in [1.165, 1.54) is 0 Å². The van der Waals surface area contributed by atoms with Gasteiger partial charge in [0.2, 0.25) is 5.91 Å². The minimum absolute atomic E-state index is 0.106. The van der Waals surface area contributed by atoms with E-state index < -0.39 is 0 Å². The predicted molar refractivity (Wildman–Crippen MR) is 152 cm³/mol. The summed E-state index contributed by atoms with van der Waals surface area (Å²) >= 11 is 12.1. The molecule has 0 aliphatic carbocycles. The van der Waals surface area contributed by atoms with Crippen molar-refractivity contribution in [2.75, 3.05) is 11.9 Å². The average molecular weight is 530 g/mol. The lowest BCUT2D eigenvalue weighted by atomic mass is 9.96. The van der Waals surface area contributed by atoms with Crippen molar-refractivity contribution in [3.63, 3.8) is 0 Å². The zero-order chi connectivity index (χ0) is 26.1. The number of amides is 1. The molecule has 6 nitrogen and oxygen atoms in total. The molecular formula is C29H28ClN5OS. The van der Waals surface area contributed by atoms with Gasteiger partial charge in [-0.15, -0.1) is 0 Å². The first-order valence-electron chi connectivity index (χ1n) is 12.1. The number of anilines is 1. The number of carbonyl (C=O) groups is 1. The highest BCUT2D eigenvalue weighted by Gasteiger charge is 2.42. The van der Waals surface area contributed by atoms with Gasteiger partial charge in [-0.3, -0.25) is 9.78 Å². The van der Waals surface area contributed by atoms with Crippen molar-refractivity contribution in [1.82, 2.24) is 19.8 Å². The van der Waals surface area contributed by atoms with E-state index in [4.69, 9.17) is 23.8 Å². The van der Waals surface area contributed by atoms with E-state index in [-0.39, 0.29) is 24.5 Å². The number of aromatic nitrogens is 2. The maximum Gasteiger partial charge on any atom is 0.244 e. The van der Waals surface area contributed by atoms with Gasteiger partial charge in [-0.05, 0) is 86.6 Å². The summed E-state index contributed by atoms with van der Waals surface area (Å²) in [6.45, 7) is 6.36. The van der Waals surface area contributed by atoms with Crippen LogP contribution in [0.25, 0.3) is 5.69 Å². The fourth-order valence-corrected chi connectivity index (χ4v) is 5.54. The van der Waals surface area contributed by atoms with Crippen LogP contribution in [0.2, 0.25) is 5.02 Å². The van der Waals surface area contributed by atoms with Crippen LogP contribution in [0.5, 0.6) is 0 Å². The van der Waals surface area contributed by atoms with Gasteiger partial charge in [-0.2, -0.15) is 0 Å². The summed E-state index contributed by atoms with van der Waals surface area (Å²) in [6.07, 6.45) is 1.78. The molecule has 1 amide bonds. The Labute approximate surface area is 227 Å². The molecule has 0 bridgehead atoms. The van der Waals surface area contributed by atoms with Gasteiger partial charge in [0.15, 0.2) is 5.11 Å². The number of aryl methyl sites for hydroxylation is 2. The number of halogens is 1. The standard InChI is InChI=1S/C29H28ClN5OS/c1-18-12-13-21(30)16-25(18)35-19(2)15-23(20(35)3)28-27(24-11-7-8-14-31-24)33-29(37)34(28)17-26(36)32-22-9-5-4-6-10-22/h4-16,27-28H,17H2,1-3H3,(H,32,36)(H,33,37)/t27-,28-/m0/s1. The molecule has 2 atom stereocenters. The topological polar surface area (TPSA) is 62.2 Å². The van der Waals surface area contributed by atoms with Gasteiger partial charge in [0.25, 0.3) is 0 Å². The third-order valence-corrected chi connectivity index (χ3v) is 7.36. The molecule has 2 aromatic carbocycles. The summed E-state index contributed by atoms with van der Waals surface area (Å²) in [4.78, 5) is 19.7. The number of pyridine rings is 1. The van der Waals surface area contributed by atoms with Crippen molar-refractivity contribution in [2.45, 2.75) is 32.9 Å². The number of rotatable bonds is 6. The number of benzene rings is 2. The van der Waals surface area contributed by atoms with Crippen molar-refractivity contribution < 1.29 is 4.79 Å². The van der Waals surface area contributed by atoms with Crippen molar-refractivity contribution in [3.8, 4) is 5.69 Å². The number of hydrogen-bond acceptors (Lipinski definition) is 3. The molecule has 188 valence electrons. The molecule has 37 heavy (non-hydrogen) atoms. The van der Waals surface area contributed by atoms with Gasteiger partial charge in [0, 0.05) is 34.0 Å². The van der Waals surface area contributed by atoms with E-state index >= 15 is 0 Å². The Kier molecular flexibility index (Phi) is 7.00. The molecule has 1 saturated heterocycles. The lowest BCUT2D eigenvalue weighted by molar-refractivity contribution is -0.116. The van der Waals surface area contributed by atoms with Crippen LogP contribution in [0.1, 0.15) is 40.3 Å². The van der Waals surface area contributed by atoms with E-state index in [2.05, 4.69) is 47.0 Å². The monoisotopic (exact) mass is 529 g/mol. The Bertz CT molecular complexity index is 1450. The molecule has 0 unspecified atom stereocenters. The molecule has 0 radical (unpaired) electrons. The van der Waals surface area contributed by atoms with Gasteiger partial charge in [0.1, 0.15) is 6.54 Å². The Hall–Kier alpha value is -3.68. The molecule has 5 rings (SSSR count). The Morgan fingerprint density at radius 3 is 2.54 bits per heavy atom. The summed E-state index contributed by atoms with van der Waals surface area (Å²) in [5, 5.41) is 7.63. The van der Waals surface area contributed by atoms with Crippen LogP contribution < -0.4 is 10.6 Å². The van der Waals surface area contributed by atoms with Crippen LogP contribution in [0.15, 0.2) is 79.0 Å². The van der Waals surface area contributed by atoms with Crippen LogP contribution in [0.3, 0.4) is 0 Å². The Balaban J connectivity index is 1.56. The first-order chi connectivity index (χ1) is 17.8. The first-order valence-corrected chi connectivity index (χ1v) is 12.9. The second-order valence-electron chi connectivity index (χ2n) is 9.26. The summed E-state index contributed by atoms with van der Waals surface area (Å²) in [7, 11) is 0. The molecule has 4 aromatic rings.